The summed E-state index contributed by atoms with van der Waals surface area (Å²) in [6.45, 7) is 7.62. The standard InChI is InChI=1S/C53H106N2O8/c1-4-7-9-11-13-15-17-19-20-21-22-23-24-25-26-27-28-30-32-34-36-38-40-54-53(61)55-46(44-63-48-42-45(43-62-41-6-3)49(57)52(60)51(48)59)50(58)47(56)39-37-35-33-31-29-18-16-14-12-10-8-5-2/h45-52,56-60H,4-44H2,1-3H3,(H2,54,55,61)/t45-,46+,47-,48+,49+,50+,51+,52+/m1/s1. The van der Waals surface area contributed by atoms with Crippen LogP contribution in [-0.2, 0) is 9.47 Å². The predicted molar refractivity (Wildman–Crippen MR) is 262 cm³/mol. The average Bonchev–Trinajstić information content (AvgIpc) is 3.28. The van der Waals surface area contributed by atoms with Gasteiger partial charge in [-0.25, -0.2) is 4.79 Å². The molecule has 1 aliphatic carbocycles. The van der Waals surface area contributed by atoms with Crippen LogP contribution in [0.1, 0.15) is 258 Å². The molecule has 7 N–H and O–H groups in total. The van der Waals surface area contributed by atoms with Gasteiger partial charge in [-0.2, -0.15) is 0 Å². The molecule has 1 rings (SSSR count). The van der Waals surface area contributed by atoms with Gasteiger partial charge in [-0.05, 0) is 25.7 Å². The van der Waals surface area contributed by atoms with E-state index in [0.717, 1.165) is 44.9 Å². The molecule has 0 aromatic heterocycles. The molecule has 10 heteroatoms. The van der Waals surface area contributed by atoms with Gasteiger partial charge in [0.2, 0.25) is 0 Å². The maximum absolute atomic E-state index is 13.1. The molecule has 0 saturated heterocycles. The zero-order valence-corrected chi connectivity index (χ0v) is 41.6. The van der Waals surface area contributed by atoms with Crippen molar-refractivity contribution in [1.82, 2.24) is 10.6 Å². The summed E-state index contributed by atoms with van der Waals surface area (Å²) >= 11 is 0. The number of hydrogen-bond acceptors (Lipinski definition) is 8. The van der Waals surface area contributed by atoms with Crippen molar-refractivity contribution in [2.45, 2.75) is 301 Å². The number of rotatable bonds is 46. The van der Waals surface area contributed by atoms with Crippen molar-refractivity contribution in [3.05, 3.63) is 0 Å². The van der Waals surface area contributed by atoms with Crippen molar-refractivity contribution in [3.8, 4) is 0 Å². The summed E-state index contributed by atoms with van der Waals surface area (Å²) in [6.07, 6.45) is 38.2. The van der Waals surface area contributed by atoms with Gasteiger partial charge in [-0.3, -0.25) is 0 Å². The second-order valence-electron chi connectivity index (χ2n) is 19.6. The Morgan fingerprint density at radius 1 is 0.524 bits per heavy atom. The van der Waals surface area contributed by atoms with Crippen LogP contribution in [-0.4, -0.2) is 101 Å². The molecule has 0 radical (unpaired) electrons. The van der Waals surface area contributed by atoms with Gasteiger partial charge in [-0.15, -0.1) is 0 Å². The molecule has 2 amide bonds. The van der Waals surface area contributed by atoms with Crippen molar-refractivity contribution >= 4 is 6.03 Å². The van der Waals surface area contributed by atoms with Crippen molar-refractivity contribution in [2.75, 3.05) is 26.4 Å². The van der Waals surface area contributed by atoms with Gasteiger partial charge < -0.3 is 45.6 Å². The highest BCUT2D eigenvalue weighted by atomic mass is 16.5. The number of unbranched alkanes of at least 4 members (excludes halogenated alkanes) is 32. The Balaban J connectivity index is 2.35. The molecule has 1 saturated carbocycles. The monoisotopic (exact) mass is 899 g/mol. The van der Waals surface area contributed by atoms with Crippen LogP contribution in [0.3, 0.4) is 0 Å². The summed E-state index contributed by atoms with van der Waals surface area (Å²) in [6, 6.07) is -1.37. The van der Waals surface area contributed by atoms with Crippen molar-refractivity contribution in [2.24, 2.45) is 5.92 Å². The van der Waals surface area contributed by atoms with Gasteiger partial charge in [0, 0.05) is 19.1 Å². The van der Waals surface area contributed by atoms with E-state index in [1.165, 1.54) is 180 Å². The molecular weight excluding hydrogens is 793 g/mol. The zero-order valence-electron chi connectivity index (χ0n) is 41.6. The van der Waals surface area contributed by atoms with Gasteiger partial charge in [-0.1, -0.05) is 233 Å². The van der Waals surface area contributed by atoms with E-state index in [9.17, 15) is 30.3 Å². The first-order chi connectivity index (χ1) is 30.8. The molecule has 0 bridgehead atoms. The molecule has 0 spiro atoms. The maximum atomic E-state index is 13.1. The lowest BCUT2D eigenvalue weighted by Gasteiger charge is -2.41. The number of nitrogens with one attached hydrogen (secondary N) is 2. The normalized spacial score (nSPS) is 20.5. The Labute approximate surface area is 388 Å². The summed E-state index contributed by atoms with van der Waals surface area (Å²) in [4.78, 5) is 13.1. The molecular formula is C53H106N2O8. The molecule has 0 aliphatic heterocycles. The van der Waals surface area contributed by atoms with Crippen LogP contribution in [0, 0.1) is 5.92 Å². The van der Waals surface area contributed by atoms with Crippen LogP contribution >= 0.6 is 0 Å². The van der Waals surface area contributed by atoms with E-state index < -0.39 is 54.6 Å². The number of amides is 2. The van der Waals surface area contributed by atoms with E-state index in [0.29, 0.717) is 19.6 Å². The van der Waals surface area contributed by atoms with E-state index in [1.54, 1.807) is 0 Å². The molecule has 1 aliphatic rings. The first kappa shape index (κ1) is 60.0. The fourth-order valence-corrected chi connectivity index (χ4v) is 9.23. The number of aliphatic hydroxyl groups is 5. The van der Waals surface area contributed by atoms with E-state index >= 15 is 0 Å². The Morgan fingerprint density at radius 2 is 0.921 bits per heavy atom. The van der Waals surface area contributed by atoms with Gasteiger partial charge in [0.15, 0.2) is 0 Å². The lowest BCUT2D eigenvalue weighted by atomic mass is 9.81. The van der Waals surface area contributed by atoms with E-state index in [4.69, 9.17) is 9.47 Å². The number of aliphatic hydroxyl groups excluding tert-OH is 5. The zero-order chi connectivity index (χ0) is 46.0. The lowest BCUT2D eigenvalue weighted by molar-refractivity contribution is -0.184. The first-order valence-electron chi connectivity index (χ1n) is 27.4. The fraction of sp³-hybridized carbons (Fsp3) is 0.981. The van der Waals surface area contributed by atoms with Crippen LogP contribution in [0.25, 0.3) is 0 Å². The average molecular weight is 899 g/mol. The highest BCUT2D eigenvalue weighted by molar-refractivity contribution is 5.74. The SMILES string of the molecule is CCCCCCCCCCCCCCCCCCCCCCCCNC(=O)N[C@@H](CO[C@H]1C[C@H](COCCC)[C@H](O)[C@H](O)[C@H]1O)[C@H](O)[C@H](O)CCCCCCCCCCCCCC. The van der Waals surface area contributed by atoms with Gasteiger partial charge in [0.1, 0.15) is 18.3 Å². The topological polar surface area (TPSA) is 161 Å². The molecule has 0 aromatic carbocycles. The summed E-state index contributed by atoms with van der Waals surface area (Å²) < 4.78 is 11.7. The highest BCUT2D eigenvalue weighted by Crippen LogP contribution is 2.29. The minimum atomic E-state index is -1.41. The van der Waals surface area contributed by atoms with Crippen LogP contribution in [0.15, 0.2) is 0 Å². The van der Waals surface area contributed by atoms with Gasteiger partial charge in [0.25, 0.3) is 0 Å². The largest absolute Gasteiger partial charge is 0.390 e. The van der Waals surface area contributed by atoms with E-state index in [1.807, 2.05) is 6.92 Å². The quantitative estimate of drug-likeness (QED) is 0.0297. The Hall–Kier alpha value is -1.01. The third-order valence-corrected chi connectivity index (χ3v) is 13.6. The molecule has 0 heterocycles. The number of carbonyl (C=O) groups is 1. The Bertz CT molecular complexity index is 977. The summed E-state index contributed by atoms with van der Waals surface area (Å²) in [5.41, 5.74) is 0. The van der Waals surface area contributed by atoms with Crippen molar-refractivity contribution < 1.29 is 39.8 Å². The maximum Gasteiger partial charge on any atom is 0.315 e. The summed E-state index contributed by atoms with van der Waals surface area (Å²) in [7, 11) is 0. The first-order valence-corrected chi connectivity index (χ1v) is 27.4. The molecule has 1 fully saturated rings. The Morgan fingerprint density at radius 3 is 1.33 bits per heavy atom. The lowest BCUT2D eigenvalue weighted by Crippen LogP contribution is -2.58. The van der Waals surface area contributed by atoms with Crippen LogP contribution in [0.2, 0.25) is 0 Å². The van der Waals surface area contributed by atoms with Crippen LogP contribution in [0.4, 0.5) is 4.79 Å². The summed E-state index contributed by atoms with van der Waals surface area (Å²) in [5.74, 6) is -0.435. The Kier molecular flexibility index (Phi) is 41.5. The van der Waals surface area contributed by atoms with Gasteiger partial charge in [0.05, 0.1) is 37.6 Å². The van der Waals surface area contributed by atoms with Crippen molar-refractivity contribution in [1.29, 1.82) is 0 Å². The molecule has 8 atom stereocenters. The van der Waals surface area contributed by atoms with E-state index in [-0.39, 0.29) is 19.6 Å². The smallest absolute Gasteiger partial charge is 0.315 e. The fourth-order valence-electron chi connectivity index (χ4n) is 9.23. The third kappa shape index (κ3) is 33.2. The molecule has 0 unspecified atom stereocenters. The molecule has 0 aromatic rings. The highest BCUT2D eigenvalue weighted by Gasteiger charge is 2.44. The number of carbonyl (C=O) groups excluding carboxylic acids is 1. The number of urea groups is 1. The third-order valence-electron chi connectivity index (χ3n) is 13.6. The summed E-state index contributed by atoms with van der Waals surface area (Å²) in [5, 5.41) is 60.0. The van der Waals surface area contributed by atoms with E-state index in [2.05, 4.69) is 24.5 Å². The minimum absolute atomic E-state index is 0.170. The number of hydrogen-bond donors (Lipinski definition) is 7. The van der Waals surface area contributed by atoms with Gasteiger partial charge >= 0.3 is 6.03 Å². The van der Waals surface area contributed by atoms with Crippen LogP contribution in [0.5, 0.6) is 0 Å². The predicted octanol–water partition coefficient (Wildman–Crippen LogP) is 12.0. The second-order valence-corrected chi connectivity index (χ2v) is 19.6. The van der Waals surface area contributed by atoms with Crippen molar-refractivity contribution in [3.63, 3.8) is 0 Å². The molecule has 63 heavy (non-hydrogen) atoms. The second kappa shape index (κ2) is 43.6. The molecule has 376 valence electrons. The number of ether oxygens (including phenoxy) is 2. The van der Waals surface area contributed by atoms with Crippen LogP contribution < -0.4 is 10.6 Å². The molecule has 10 nitrogen and oxygen atoms in total. The minimum Gasteiger partial charge on any atom is -0.390 e.